The minimum atomic E-state index is -0.115. The Morgan fingerprint density at radius 1 is 1.32 bits per heavy atom. The zero-order valence-corrected chi connectivity index (χ0v) is 11.9. The zero-order valence-electron chi connectivity index (χ0n) is 11.1. The molecule has 0 aliphatic rings. The van der Waals surface area contributed by atoms with E-state index in [1.165, 1.54) is 10.4 Å². The number of nitrogens with one attached hydrogen (secondary N) is 1. The van der Waals surface area contributed by atoms with Gasteiger partial charge in [0.05, 0.1) is 12.3 Å². The van der Waals surface area contributed by atoms with Crippen LogP contribution < -0.4 is 5.32 Å². The van der Waals surface area contributed by atoms with E-state index in [2.05, 4.69) is 28.7 Å². The van der Waals surface area contributed by atoms with Crippen molar-refractivity contribution in [2.45, 2.75) is 33.5 Å². The van der Waals surface area contributed by atoms with E-state index in [9.17, 15) is 10.2 Å². The third-order valence-electron chi connectivity index (χ3n) is 3.16. The molecule has 0 amide bonds. The van der Waals surface area contributed by atoms with Crippen molar-refractivity contribution in [3.05, 3.63) is 44.9 Å². The Morgan fingerprint density at radius 2 is 2.11 bits per heavy atom. The molecule has 2 aromatic heterocycles. The highest BCUT2D eigenvalue weighted by Crippen LogP contribution is 2.24. The van der Waals surface area contributed by atoms with Crippen molar-refractivity contribution >= 4 is 11.3 Å². The van der Waals surface area contributed by atoms with Crippen molar-refractivity contribution in [1.82, 2.24) is 10.3 Å². The summed E-state index contributed by atoms with van der Waals surface area (Å²) in [6, 6.07) is 2.09. The predicted molar refractivity (Wildman–Crippen MR) is 76.2 cm³/mol. The molecule has 3 N–H and O–H groups in total. The standard InChI is InChI=1S/C14H18N2O2S/c1-9-3-4-19-13(9)7-15-6-12-11(8-17)5-16-10(2)14(12)18/h3-5,15,17-18H,6-8H2,1-2H3. The van der Waals surface area contributed by atoms with Gasteiger partial charge in [-0.25, -0.2) is 0 Å². The van der Waals surface area contributed by atoms with Crippen LogP contribution in [0.1, 0.15) is 27.3 Å². The molecule has 0 aromatic carbocycles. The third kappa shape index (κ3) is 3.12. The molecule has 102 valence electrons. The summed E-state index contributed by atoms with van der Waals surface area (Å²) in [6.07, 6.45) is 1.61. The summed E-state index contributed by atoms with van der Waals surface area (Å²) in [6.45, 7) is 5.00. The van der Waals surface area contributed by atoms with Crippen LogP contribution in [-0.4, -0.2) is 15.2 Å². The number of aromatic nitrogens is 1. The molecule has 4 nitrogen and oxygen atoms in total. The number of aromatic hydroxyl groups is 1. The van der Waals surface area contributed by atoms with Gasteiger partial charge in [0, 0.05) is 35.3 Å². The highest BCUT2D eigenvalue weighted by molar-refractivity contribution is 7.10. The monoisotopic (exact) mass is 278 g/mol. The lowest BCUT2D eigenvalue weighted by atomic mass is 10.1. The van der Waals surface area contributed by atoms with E-state index in [0.29, 0.717) is 17.8 Å². The van der Waals surface area contributed by atoms with Crippen molar-refractivity contribution < 1.29 is 10.2 Å². The van der Waals surface area contributed by atoms with Gasteiger partial charge in [0.2, 0.25) is 0 Å². The number of aryl methyl sites for hydroxylation is 2. The lowest BCUT2D eigenvalue weighted by Gasteiger charge is -2.12. The number of pyridine rings is 1. The summed E-state index contributed by atoms with van der Waals surface area (Å²) in [5, 5.41) is 24.7. The van der Waals surface area contributed by atoms with E-state index >= 15 is 0 Å². The van der Waals surface area contributed by atoms with Gasteiger partial charge in [-0.1, -0.05) is 0 Å². The largest absolute Gasteiger partial charge is 0.506 e. The van der Waals surface area contributed by atoms with E-state index in [1.807, 2.05) is 0 Å². The minimum Gasteiger partial charge on any atom is -0.506 e. The lowest BCUT2D eigenvalue weighted by molar-refractivity contribution is 0.278. The molecule has 2 heterocycles. The van der Waals surface area contributed by atoms with Crippen LogP contribution >= 0.6 is 11.3 Å². The molecule has 5 heteroatoms. The SMILES string of the molecule is Cc1ccsc1CNCc1c(CO)cnc(C)c1O. The van der Waals surface area contributed by atoms with Crippen LogP contribution in [-0.2, 0) is 19.7 Å². The molecule has 19 heavy (non-hydrogen) atoms. The summed E-state index contributed by atoms with van der Waals surface area (Å²) >= 11 is 1.72. The number of hydrogen-bond acceptors (Lipinski definition) is 5. The molecular weight excluding hydrogens is 260 g/mol. The zero-order chi connectivity index (χ0) is 13.8. The van der Waals surface area contributed by atoms with Gasteiger partial charge in [-0.05, 0) is 30.9 Å². The Morgan fingerprint density at radius 3 is 2.74 bits per heavy atom. The highest BCUT2D eigenvalue weighted by atomic mass is 32.1. The highest BCUT2D eigenvalue weighted by Gasteiger charge is 2.11. The van der Waals surface area contributed by atoms with Crippen LogP contribution in [0.25, 0.3) is 0 Å². The second-order valence-corrected chi connectivity index (χ2v) is 5.49. The van der Waals surface area contributed by atoms with Gasteiger partial charge in [-0.15, -0.1) is 11.3 Å². The van der Waals surface area contributed by atoms with Crippen molar-refractivity contribution in [2.75, 3.05) is 0 Å². The molecule has 0 bridgehead atoms. The molecule has 0 saturated carbocycles. The summed E-state index contributed by atoms with van der Waals surface area (Å²) in [4.78, 5) is 5.33. The number of aliphatic hydroxyl groups is 1. The fourth-order valence-electron chi connectivity index (χ4n) is 1.90. The van der Waals surface area contributed by atoms with Crippen LogP contribution in [0.15, 0.2) is 17.6 Å². The van der Waals surface area contributed by atoms with Crippen molar-refractivity contribution in [3.63, 3.8) is 0 Å². The molecular formula is C14H18N2O2S. The van der Waals surface area contributed by atoms with E-state index < -0.39 is 0 Å². The Balaban J connectivity index is 2.07. The van der Waals surface area contributed by atoms with E-state index in [1.54, 1.807) is 24.5 Å². The summed E-state index contributed by atoms with van der Waals surface area (Å²) in [7, 11) is 0. The molecule has 0 fully saturated rings. The van der Waals surface area contributed by atoms with Gasteiger partial charge >= 0.3 is 0 Å². The Labute approximate surface area is 116 Å². The average molecular weight is 278 g/mol. The summed E-state index contributed by atoms with van der Waals surface area (Å²) in [5.41, 5.74) is 3.25. The van der Waals surface area contributed by atoms with Crippen LogP contribution in [0.4, 0.5) is 0 Å². The van der Waals surface area contributed by atoms with Crippen LogP contribution in [0.2, 0.25) is 0 Å². The first kappa shape index (κ1) is 14.0. The molecule has 0 saturated heterocycles. The second kappa shape index (κ2) is 6.14. The number of thiophene rings is 1. The maximum absolute atomic E-state index is 10.0. The van der Waals surface area contributed by atoms with E-state index in [0.717, 1.165) is 12.1 Å². The first-order valence-corrected chi connectivity index (χ1v) is 7.02. The first-order chi connectivity index (χ1) is 9.13. The van der Waals surface area contributed by atoms with E-state index in [-0.39, 0.29) is 12.4 Å². The number of nitrogens with zero attached hydrogens (tertiary/aromatic N) is 1. The molecule has 2 aromatic rings. The summed E-state index contributed by atoms with van der Waals surface area (Å²) < 4.78 is 0. The summed E-state index contributed by atoms with van der Waals surface area (Å²) in [5.74, 6) is 0.168. The van der Waals surface area contributed by atoms with Crippen LogP contribution in [0.5, 0.6) is 5.75 Å². The Bertz CT molecular complexity index is 567. The molecule has 0 spiro atoms. The topological polar surface area (TPSA) is 65.4 Å². The number of hydrogen-bond donors (Lipinski definition) is 3. The third-order valence-corrected chi connectivity index (χ3v) is 4.18. The smallest absolute Gasteiger partial charge is 0.141 e. The number of aliphatic hydroxyl groups excluding tert-OH is 1. The molecule has 2 rings (SSSR count). The first-order valence-electron chi connectivity index (χ1n) is 6.14. The molecule has 0 aliphatic heterocycles. The molecule has 0 radical (unpaired) electrons. The average Bonchev–Trinajstić information content (AvgIpc) is 2.80. The fourth-order valence-corrected chi connectivity index (χ4v) is 2.78. The molecule has 0 aliphatic carbocycles. The minimum absolute atomic E-state index is 0.115. The second-order valence-electron chi connectivity index (χ2n) is 4.48. The predicted octanol–water partition coefficient (Wildman–Crippen LogP) is 2.25. The van der Waals surface area contributed by atoms with Crippen molar-refractivity contribution in [3.8, 4) is 5.75 Å². The lowest BCUT2D eigenvalue weighted by Crippen LogP contribution is -2.14. The maximum Gasteiger partial charge on any atom is 0.141 e. The Hall–Kier alpha value is -1.43. The van der Waals surface area contributed by atoms with Gasteiger partial charge in [0.1, 0.15) is 5.75 Å². The van der Waals surface area contributed by atoms with Gasteiger partial charge in [0.25, 0.3) is 0 Å². The van der Waals surface area contributed by atoms with E-state index in [4.69, 9.17) is 0 Å². The molecule has 0 unspecified atom stereocenters. The fraction of sp³-hybridized carbons (Fsp3) is 0.357. The van der Waals surface area contributed by atoms with Crippen LogP contribution in [0, 0.1) is 13.8 Å². The van der Waals surface area contributed by atoms with Gasteiger partial charge in [0.15, 0.2) is 0 Å². The molecule has 0 atom stereocenters. The van der Waals surface area contributed by atoms with Gasteiger partial charge in [-0.3, -0.25) is 4.98 Å². The van der Waals surface area contributed by atoms with Gasteiger partial charge < -0.3 is 15.5 Å². The number of rotatable bonds is 5. The van der Waals surface area contributed by atoms with Crippen molar-refractivity contribution in [2.24, 2.45) is 0 Å². The normalized spacial score (nSPS) is 10.9. The Kier molecular flexibility index (Phi) is 4.52. The maximum atomic E-state index is 10.0. The van der Waals surface area contributed by atoms with Crippen LogP contribution in [0.3, 0.4) is 0 Å². The van der Waals surface area contributed by atoms with Gasteiger partial charge in [-0.2, -0.15) is 0 Å². The van der Waals surface area contributed by atoms with Crippen molar-refractivity contribution in [1.29, 1.82) is 0 Å². The quantitative estimate of drug-likeness (QED) is 0.785.